The van der Waals surface area contributed by atoms with Crippen LogP contribution in [0.1, 0.15) is 34.7 Å². The van der Waals surface area contributed by atoms with Crippen LogP contribution in [0.15, 0.2) is 71.7 Å². The number of carboxylic acid groups (broad SMARTS) is 1. The van der Waals surface area contributed by atoms with Crippen LogP contribution in [0.4, 0.5) is 10.5 Å². The molecule has 2 aromatic carbocycles. The lowest BCUT2D eigenvalue weighted by molar-refractivity contribution is -0.137. The normalized spacial score (nSPS) is 11.5. The Morgan fingerprint density at radius 3 is 2.39 bits per heavy atom. The second kappa shape index (κ2) is 9.75. The summed E-state index contributed by atoms with van der Waals surface area (Å²) < 4.78 is 1.52. The molecule has 0 aliphatic carbocycles. The molecule has 160 valence electrons. The highest BCUT2D eigenvalue weighted by molar-refractivity contribution is 5.89. The quantitative estimate of drug-likeness (QED) is 0.541. The maximum absolute atomic E-state index is 12.8. The third kappa shape index (κ3) is 5.82. The molecule has 3 N–H and O–H groups in total. The van der Waals surface area contributed by atoms with Crippen molar-refractivity contribution < 1.29 is 14.7 Å². The van der Waals surface area contributed by atoms with Gasteiger partial charge in [-0.25, -0.2) is 4.79 Å². The summed E-state index contributed by atoms with van der Waals surface area (Å²) in [6.45, 7) is 4.28. The van der Waals surface area contributed by atoms with Crippen molar-refractivity contribution in [3.05, 3.63) is 99.5 Å². The van der Waals surface area contributed by atoms with Crippen molar-refractivity contribution in [1.82, 2.24) is 9.88 Å². The molecule has 0 spiro atoms. The van der Waals surface area contributed by atoms with Gasteiger partial charge in [-0.2, -0.15) is 0 Å². The Bertz CT molecular complexity index is 1140. The second-order valence-corrected chi connectivity index (χ2v) is 7.44. The molecule has 3 aromatic rings. The minimum absolute atomic E-state index is 0.117. The van der Waals surface area contributed by atoms with Gasteiger partial charge in [-0.3, -0.25) is 9.59 Å². The predicted molar refractivity (Wildman–Crippen MR) is 119 cm³/mol. The smallest absolute Gasteiger partial charge is 0.319 e. The van der Waals surface area contributed by atoms with E-state index in [0.717, 1.165) is 16.7 Å². The third-order valence-electron chi connectivity index (χ3n) is 5.03. The summed E-state index contributed by atoms with van der Waals surface area (Å²) in [6, 6.07) is 16.9. The molecule has 0 bridgehead atoms. The average Bonchev–Trinajstić information content (AvgIpc) is 2.72. The number of carboxylic acids is 1. The fourth-order valence-corrected chi connectivity index (χ4v) is 3.27. The number of hydrogen-bond acceptors (Lipinski definition) is 3. The van der Waals surface area contributed by atoms with E-state index < -0.39 is 18.0 Å². The number of carbonyl (C=O) groups is 2. The fourth-order valence-electron chi connectivity index (χ4n) is 3.27. The van der Waals surface area contributed by atoms with Gasteiger partial charge in [-0.05, 0) is 42.7 Å². The molecule has 1 atom stereocenters. The largest absolute Gasteiger partial charge is 0.481 e. The number of nitrogens with one attached hydrogen (secondary N) is 2. The zero-order valence-corrected chi connectivity index (χ0v) is 17.5. The Kier molecular flexibility index (Phi) is 6.87. The van der Waals surface area contributed by atoms with Gasteiger partial charge in [0.15, 0.2) is 0 Å². The van der Waals surface area contributed by atoms with Crippen molar-refractivity contribution in [2.75, 3.05) is 5.32 Å². The van der Waals surface area contributed by atoms with Crippen LogP contribution in [-0.2, 0) is 11.3 Å². The van der Waals surface area contributed by atoms with Gasteiger partial charge in [0.05, 0.1) is 19.0 Å². The third-order valence-corrected chi connectivity index (χ3v) is 5.03. The number of nitrogens with zero attached hydrogens (tertiary/aromatic N) is 1. The molecule has 0 unspecified atom stereocenters. The van der Waals surface area contributed by atoms with Crippen LogP contribution in [0, 0.1) is 13.8 Å². The molecule has 0 aliphatic heterocycles. The molecular weight excluding hydrogens is 394 g/mol. The number of benzene rings is 2. The Labute approximate surface area is 180 Å². The van der Waals surface area contributed by atoms with E-state index in [4.69, 9.17) is 0 Å². The molecular formula is C24H25N3O4. The Morgan fingerprint density at radius 2 is 1.71 bits per heavy atom. The highest BCUT2D eigenvalue weighted by Crippen LogP contribution is 2.18. The molecule has 0 fully saturated rings. The summed E-state index contributed by atoms with van der Waals surface area (Å²) in [7, 11) is 0. The van der Waals surface area contributed by atoms with Crippen LogP contribution in [0.2, 0.25) is 0 Å². The van der Waals surface area contributed by atoms with E-state index in [0.29, 0.717) is 12.1 Å². The molecule has 0 saturated heterocycles. The fraction of sp³-hybridized carbons (Fsp3) is 0.208. The van der Waals surface area contributed by atoms with Crippen LogP contribution in [-0.4, -0.2) is 21.7 Å². The molecule has 31 heavy (non-hydrogen) atoms. The monoisotopic (exact) mass is 419 g/mol. The van der Waals surface area contributed by atoms with E-state index in [1.54, 1.807) is 24.4 Å². The number of amides is 2. The number of anilines is 1. The zero-order chi connectivity index (χ0) is 22.4. The van der Waals surface area contributed by atoms with Crippen LogP contribution < -0.4 is 16.2 Å². The first-order valence-corrected chi connectivity index (χ1v) is 9.93. The van der Waals surface area contributed by atoms with E-state index in [1.807, 2.05) is 50.2 Å². The van der Waals surface area contributed by atoms with Gasteiger partial charge in [0, 0.05) is 6.20 Å². The van der Waals surface area contributed by atoms with E-state index >= 15 is 0 Å². The number of urea groups is 1. The zero-order valence-electron chi connectivity index (χ0n) is 17.5. The van der Waals surface area contributed by atoms with E-state index in [2.05, 4.69) is 10.6 Å². The van der Waals surface area contributed by atoms with Crippen molar-refractivity contribution in [1.29, 1.82) is 0 Å². The SMILES string of the molecule is Cc1ccc([C@H](CC(=O)O)NC(=O)Nc2cccn(Cc3ccccc3C)c2=O)cc1. The van der Waals surface area contributed by atoms with Crippen LogP contribution >= 0.6 is 0 Å². The lowest BCUT2D eigenvalue weighted by Gasteiger charge is -2.18. The van der Waals surface area contributed by atoms with Crippen LogP contribution in [0.5, 0.6) is 0 Å². The van der Waals surface area contributed by atoms with Gasteiger partial charge in [-0.15, -0.1) is 0 Å². The number of aromatic nitrogens is 1. The summed E-state index contributed by atoms with van der Waals surface area (Å²) in [4.78, 5) is 36.6. The van der Waals surface area contributed by atoms with Crippen molar-refractivity contribution in [2.45, 2.75) is 32.9 Å². The van der Waals surface area contributed by atoms with Gasteiger partial charge >= 0.3 is 12.0 Å². The lowest BCUT2D eigenvalue weighted by Crippen LogP contribution is -2.36. The van der Waals surface area contributed by atoms with Gasteiger partial charge in [-0.1, -0.05) is 54.1 Å². The molecule has 1 heterocycles. The molecule has 0 radical (unpaired) electrons. The Hall–Kier alpha value is -3.87. The molecule has 1 aromatic heterocycles. The Morgan fingerprint density at radius 1 is 1.00 bits per heavy atom. The molecule has 7 nitrogen and oxygen atoms in total. The van der Waals surface area contributed by atoms with Gasteiger partial charge in [0.2, 0.25) is 0 Å². The maximum atomic E-state index is 12.8. The number of pyridine rings is 1. The maximum Gasteiger partial charge on any atom is 0.319 e. The first kappa shape index (κ1) is 21.8. The highest BCUT2D eigenvalue weighted by Gasteiger charge is 2.19. The van der Waals surface area contributed by atoms with Crippen molar-refractivity contribution in [3.8, 4) is 0 Å². The van der Waals surface area contributed by atoms with Gasteiger partial charge in [0.25, 0.3) is 5.56 Å². The summed E-state index contributed by atoms with van der Waals surface area (Å²) in [5, 5.41) is 14.4. The number of aliphatic carboxylic acids is 1. The topological polar surface area (TPSA) is 100 Å². The van der Waals surface area contributed by atoms with Gasteiger partial charge < -0.3 is 20.3 Å². The summed E-state index contributed by atoms with van der Waals surface area (Å²) in [6.07, 6.45) is 1.39. The molecule has 3 rings (SSSR count). The van der Waals surface area contributed by atoms with Crippen LogP contribution in [0.25, 0.3) is 0 Å². The van der Waals surface area contributed by atoms with Gasteiger partial charge in [0.1, 0.15) is 5.69 Å². The molecule has 0 aliphatic rings. The first-order chi connectivity index (χ1) is 14.8. The summed E-state index contributed by atoms with van der Waals surface area (Å²) in [5.41, 5.74) is 3.55. The average molecular weight is 419 g/mol. The van der Waals surface area contributed by atoms with Crippen molar-refractivity contribution >= 4 is 17.7 Å². The number of carbonyl (C=O) groups excluding carboxylic acids is 1. The van der Waals surface area contributed by atoms with E-state index in [1.165, 1.54) is 10.6 Å². The number of aryl methyl sites for hydroxylation is 2. The first-order valence-electron chi connectivity index (χ1n) is 9.93. The predicted octanol–water partition coefficient (Wildman–Crippen LogP) is 3.85. The lowest BCUT2D eigenvalue weighted by atomic mass is 10.0. The minimum atomic E-state index is -1.04. The van der Waals surface area contributed by atoms with Crippen molar-refractivity contribution in [3.63, 3.8) is 0 Å². The Balaban J connectivity index is 1.76. The van der Waals surface area contributed by atoms with Crippen molar-refractivity contribution in [2.24, 2.45) is 0 Å². The standard InChI is InChI=1S/C24H25N3O4/c1-16-9-11-18(12-10-16)21(14-22(28)29)26-24(31)25-20-8-5-13-27(23(20)30)15-19-7-4-3-6-17(19)2/h3-13,21H,14-15H2,1-2H3,(H,28,29)(H2,25,26,31)/t21-/m0/s1. The van der Waals surface area contributed by atoms with E-state index in [-0.39, 0.29) is 17.7 Å². The summed E-state index contributed by atoms with van der Waals surface area (Å²) >= 11 is 0. The number of hydrogen-bond donors (Lipinski definition) is 3. The van der Waals surface area contributed by atoms with E-state index in [9.17, 15) is 19.5 Å². The van der Waals surface area contributed by atoms with Crippen LogP contribution in [0.3, 0.4) is 0 Å². The minimum Gasteiger partial charge on any atom is -0.481 e. The summed E-state index contributed by atoms with van der Waals surface area (Å²) in [5.74, 6) is -1.04. The molecule has 7 heteroatoms. The second-order valence-electron chi connectivity index (χ2n) is 7.44. The number of rotatable bonds is 7. The highest BCUT2D eigenvalue weighted by atomic mass is 16.4. The molecule has 2 amide bonds. The molecule has 0 saturated carbocycles.